The molecule has 1 amide bonds. The van der Waals surface area contributed by atoms with Crippen LogP contribution in [0, 0.1) is 0 Å². The van der Waals surface area contributed by atoms with Gasteiger partial charge in [0.05, 0.1) is 6.61 Å². The highest BCUT2D eigenvalue weighted by Crippen LogP contribution is 2.30. The Morgan fingerprint density at radius 2 is 1.97 bits per heavy atom. The molecular weight excluding hydrogens is 372 g/mol. The Bertz CT molecular complexity index is 715. The number of nitrogens with zero attached hydrogens (tertiary/aromatic N) is 2. The van der Waals surface area contributed by atoms with E-state index in [0.717, 1.165) is 44.1 Å². The lowest BCUT2D eigenvalue weighted by molar-refractivity contribution is -0.164. The summed E-state index contributed by atoms with van der Waals surface area (Å²) in [5, 5.41) is 10.6. The van der Waals surface area contributed by atoms with Crippen molar-refractivity contribution in [3.8, 4) is 0 Å². The molecule has 2 heterocycles. The van der Waals surface area contributed by atoms with Gasteiger partial charge < -0.3 is 14.7 Å². The highest BCUT2D eigenvalue weighted by Gasteiger charge is 2.45. The second kappa shape index (κ2) is 9.96. The van der Waals surface area contributed by atoms with E-state index < -0.39 is 29.3 Å². The molecule has 29 heavy (non-hydrogen) atoms. The normalized spacial score (nSPS) is 21.4. The van der Waals surface area contributed by atoms with Gasteiger partial charge in [-0.05, 0) is 56.6 Å². The minimum absolute atomic E-state index is 0.254. The van der Waals surface area contributed by atoms with Crippen molar-refractivity contribution < 1.29 is 24.2 Å². The highest BCUT2D eigenvalue weighted by molar-refractivity contribution is 6.39. The van der Waals surface area contributed by atoms with Crippen LogP contribution in [0.4, 0.5) is 0 Å². The number of likely N-dealkylation sites (tertiary alicyclic amines) is 1. The summed E-state index contributed by atoms with van der Waals surface area (Å²) >= 11 is 0. The van der Waals surface area contributed by atoms with Gasteiger partial charge in [0, 0.05) is 18.9 Å². The fourth-order valence-electron chi connectivity index (χ4n) is 4.20. The summed E-state index contributed by atoms with van der Waals surface area (Å²) in [6, 6.07) is 3.09. The summed E-state index contributed by atoms with van der Waals surface area (Å²) in [5.74, 6) is -1.98. The van der Waals surface area contributed by atoms with Crippen molar-refractivity contribution in [1.82, 2.24) is 9.88 Å². The van der Waals surface area contributed by atoms with Gasteiger partial charge >= 0.3 is 5.97 Å². The lowest BCUT2D eigenvalue weighted by Gasteiger charge is -2.36. The Labute approximate surface area is 171 Å². The van der Waals surface area contributed by atoms with Gasteiger partial charge in [0.25, 0.3) is 11.7 Å². The van der Waals surface area contributed by atoms with Gasteiger partial charge in [-0.1, -0.05) is 25.3 Å². The summed E-state index contributed by atoms with van der Waals surface area (Å²) < 4.78 is 5.41. The molecule has 1 saturated carbocycles. The van der Waals surface area contributed by atoms with Crippen LogP contribution in [0.1, 0.15) is 63.4 Å². The van der Waals surface area contributed by atoms with E-state index in [0.29, 0.717) is 32.2 Å². The van der Waals surface area contributed by atoms with Crippen molar-refractivity contribution >= 4 is 17.7 Å². The van der Waals surface area contributed by atoms with Crippen LogP contribution in [0.5, 0.6) is 0 Å². The first kappa shape index (κ1) is 21.4. The maximum Gasteiger partial charge on any atom is 0.328 e. The minimum Gasteiger partial charge on any atom is -0.464 e. The van der Waals surface area contributed by atoms with E-state index in [1.807, 2.05) is 12.1 Å². The highest BCUT2D eigenvalue weighted by atomic mass is 16.5. The molecule has 2 aliphatic rings. The first-order valence-electron chi connectivity index (χ1n) is 10.6. The van der Waals surface area contributed by atoms with Crippen molar-refractivity contribution in [3.63, 3.8) is 0 Å². The average Bonchev–Trinajstić information content (AvgIpc) is 2.77. The number of ketones is 1. The fourth-order valence-corrected chi connectivity index (χ4v) is 4.20. The topological polar surface area (TPSA) is 96.8 Å². The summed E-state index contributed by atoms with van der Waals surface area (Å²) in [6.07, 6.45) is 9.99. The van der Waals surface area contributed by atoms with Gasteiger partial charge in [-0.15, -0.1) is 0 Å². The van der Waals surface area contributed by atoms with E-state index in [-0.39, 0.29) is 6.61 Å². The van der Waals surface area contributed by atoms with Crippen LogP contribution >= 0.6 is 0 Å². The third-order valence-corrected chi connectivity index (χ3v) is 5.91. The molecule has 2 fully saturated rings. The average molecular weight is 402 g/mol. The molecule has 1 aliphatic carbocycles. The molecule has 0 aromatic carbocycles. The zero-order valence-electron chi connectivity index (χ0n) is 16.8. The zero-order chi connectivity index (χ0) is 20.7. The van der Waals surface area contributed by atoms with E-state index in [1.54, 1.807) is 12.4 Å². The summed E-state index contributed by atoms with van der Waals surface area (Å²) in [4.78, 5) is 43.5. The molecule has 7 nitrogen and oxygen atoms in total. The fraction of sp³-hybridized carbons (Fsp3) is 0.636. The number of hydrogen-bond acceptors (Lipinski definition) is 6. The SMILES string of the molecule is O=C(OCCCc1cccnc1)C1CCCCN1C(=O)C(=O)C1(O)CCCCC1. The van der Waals surface area contributed by atoms with Gasteiger partial charge in [-0.2, -0.15) is 0 Å². The third-order valence-electron chi connectivity index (χ3n) is 5.91. The van der Waals surface area contributed by atoms with E-state index in [2.05, 4.69) is 4.98 Å². The molecule has 7 heteroatoms. The quantitative estimate of drug-likeness (QED) is 0.427. The molecule has 0 spiro atoms. The number of aryl methyl sites for hydroxylation is 1. The van der Waals surface area contributed by atoms with Gasteiger partial charge in [0.1, 0.15) is 11.6 Å². The number of carbonyl (C=O) groups is 3. The Hall–Kier alpha value is -2.28. The number of rotatable bonds is 7. The lowest BCUT2D eigenvalue weighted by Crippen LogP contribution is -2.56. The van der Waals surface area contributed by atoms with Gasteiger partial charge in [-0.25, -0.2) is 4.79 Å². The van der Waals surface area contributed by atoms with E-state index >= 15 is 0 Å². The first-order chi connectivity index (χ1) is 14.0. The summed E-state index contributed by atoms with van der Waals surface area (Å²) in [5.41, 5.74) is -0.505. The van der Waals surface area contributed by atoms with Gasteiger partial charge in [0.2, 0.25) is 0 Å². The van der Waals surface area contributed by atoms with E-state index in [1.165, 1.54) is 4.90 Å². The van der Waals surface area contributed by atoms with E-state index in [9.17, 15) is 19.5 Å². The Kier molecular flexibility index (Phi) is 7.36. The van der Waals surface area contributed by atoms with Crippen LogP contribution in [-0.2, 0) is 25.5 Å². The van der Waals surface area contributed by atoms with Gasteiger partial charge in [-0.3, -0.25) is 14.6 Å². The number of amides is 1. The number of Topliss-reactive ketones (excluding diaryl/α,β-unsaturated/α-hetero) is 1. The largest absolute Gasteiger partial charge is 0.464 e. The van der Waals surface area contributed by atoms with Crippen LogP contribution in [0.3, 0.4) is 0 Å². The summed E-state index contributed by atoms with van der Waals surface area (Å²) in [7, 11) is 0. The lowest BCUT2D eigenvalue weighted by atomic mass is 9.81. The zero-order valence-corrected chi connectivity index (χ0v) is 16.8. The van der Waals surface area contributed by atoms with Crippen molar-refractivity contribution in [2.24, 2.45) is 0 Å². The molecule has 158 valence electrons. The second-order valence-electron chi connectivity index (χ2n) is 8.06. The van der Waals surface area contributed by atoms with Crippen LogP contribution in [0.25, 0.3) is 0 Å². The monoisotopic (exact) mass is 402 g/mol. The van der Waals surface area contributed by atoms with E-state index in [4.69, 9.17) is 4.74 Å². The molecule has 1 aromatic heterocycles. The number of carbonyl (C=O) groups excluding carboxylic acids is 3. The molecule has 1 atom stereocenters. The number of esters is 1. The number of aliphatic hydroxyl groups is 1. The first-order valence-corrected chi connectivity index (χ1v) is 10.6. The number of aromatic nitrogens is 1. The predicted octanol–water partition coefficient (Wildman–Crippen LogP) is 2.20. The van der Waals surface area contributed by atoms with Crippen molar-refractivity contribution in [3.05, 3.63) is 30.1 Å². The van der Waals surface area contributed by atoms with Crippen LogP contribution in [0.15, 0.2) is 24.5 Å². The molecule has 1 aliphatic heterocycles. The second-order valence-corrected chi connectivity index (χ2v) is 8.06. The minimum atomic E-state index is -1.58. The van der Waals surface area contributed by atoms with Crippen molar-refractivity contribution in [2.45, 2.75) is 75.9 Å². The maximum atomic E-state index is 12.8. The number of pyridine rings is 1. The number of hydrogen-bond donors (Lipinski definition) is 1. The van der Waals surface area contributed by atoms with Crippen molar-refractivity contribution in [2.75, 3.05) is 13.2 Å². The molecule has 1 aromatic rings. The van der Waals surface area contributed by atoms with Crippen LogP contribution in [0.2, 0.25) is 0 Å². The molecule has 1 N–H and O–H groups in total. The number of piperidine rings is 1. The van der Waals surface area contributed by atoms with Gasteiger partial charge in [0.15, 0.2) is 0 Å². The molecule has 0 radical (unpaired) electrons. The van der Waals surface area contributed by atoms with Crippen molar-refractivity contribution in [1.29, 1.82) is 0 Å². The summed E-state index contributed by atoms with van der Waals surface area (Å²) in [6.45, 7) is 0.597. The third kappa shape index (κ3) is 5.41. The Morgan fingerprint density at radius 1 is 1.17 bits per heavy atom. The van der Waals surface area contributed by atoms with Crippen LogP contribution in [-0.4, -0.2) is 57.4 Å². The smallest absolute Gasteiger partial charge is 0.328 e. The molecule has 1 unspecified atom stereocenters. The molecule has 1 saturated heterocycles. The standard InChI is InChI=1S/C22H30N2O5/c25-19(22(28)11-3-1-4-12-22)20(26)24-14-5-2-10-18(24)21(27)29-15-7-9-17-8-6-13-23-16-17/h6,8,13,16,18,28H,1-5,7,9-12,14-15H2. The predicted molar refractivity (Wildman–Crippen MR) is 106 cm³/mol. The van der Waals surface area contributed by atoms with Crippen LogP contribution < -0.4 is 0 Å². The molecule has 3 rings (SSSR count). The molecule has 0 bridgehead atoms. The Balaban J connectivity index is 1.54. The Morgan fingerprint density at radius 3 is 2.69 bits per heavy atom. The maximum absolute atomic E-state index is 12.8. The molecular formula is C22H30N2O5. The number of ether oxygens (including phenoxy) is 1.